The maximum absolute atomic E-state index is 11.1. The van der Waals surface area contributed by atoms with Gasteiger partial charge < -0.3 is 4.90 Å². The number of nitrogens with zero attached hydrogens (tertiary/aromatic N) is 1. The van der Waals surface area contributed by atoms with Gasteiger partial charge >= 0.3 is 0 Å². The van der Waals surface area contributed by atoms with Gasteiger partial charge in [0.1, 0.15) is 0 Å². The summed E-state index contributed by atoms with van der Waals surface area (Å²) in [5, 5.41) is 0. The quantitative estimate of drug-likeness (QED) is 0.586. The minimum Gasteiger partial charge on any atom is -0.346 e. The molecule has 10 heavy (non-hydrogen) atoms. The van der Waals surface area contributed by atoms with Crippen LogP contribution in [0.5, 0.6) is 0 Å². The zero-order chi connectivity index (χ0) is 7.98. The maximum atomic E-state index is 11.1. The smallest absolute Gasteiger partial charge is 0.222 e. The van der Waals surface area contributed by atoms with E-state index in [0.29, 0.717) is 6.42 Å². The third-order valence-corrected chi connectivity index (χ3v) is 1.64. The molecule has 0 aromatic heterocycles. The molecule has 2 nitrogen and oxygen atoms in total. The van der Waals surface area contributed by atoms with Gasteiger partial charge in [0.2, 0.25) is 5.91 Å². The Morgan fingerprint density at radius 2 is 2.00 bits per heavy atom. The average Bonchev–Trinajstić information content (AvgIpc) is 1.98. The number of carbonyl (C=O) groups excluding carboxylic acids is 1. The Labute approximate surface area is 63.2 Å². The van der Waals surface area contributed by atoms with Gasteiger partial charge in [-0.3, -0.25) is 4.79 Å². The van der Waals surface area contributed by atoms with Gasteiger partial charge in [0.05, 0.1) is 0 Å². The van der Waals surface area contributed by atoms with Crippen molar-refractivity contribution >= 4 is 5.91 Å². The molecule has 0 aliphatic carbocycles. The fraction of sp³-hybridized carbons (Fsp3) is 0.875. The molecule has 0 atom stereocenters. The number of unbranched alkanes of at least 4 members (excludes halogenated alkanes) is 1. The van der Waals surface area contributed by atoms with Crippen LogP contribution in [-0.4, -0.2) is 24.4 Å². The van der Waals surface area contributed by atoms with Gasteiger partial charge in [0.25, 0.3) is 0 Å². The molecule has 60 valence electrons. The van der Waals surface area contributed by atoms with E-state index < -0.39 is 0 Å². The topological polar surface area (TPSA) is 20.3 Å². The Kier molecular flexibility index (Phi) is 4.99. The summed E-state index contributed by atoms with van der Waals surface area (Å²) in [6, 6.07) is 0. The first-order valence-electron chi connectivity index (χ1n) is 3.96. The molecule has 0 aliphatic heterocycles. The van der Waals surface area contributed by atoms with Crippen LogP contribution in [0.4, 0.5) is 0 Å². The SMILES string of the molecule is CCCCC(=O)N(C)CC. The van der Waals surface area contributed by atoms with Gasteiger partial charge in [-0.1, -0.05) is 13.3 Å². The fourth-order valence-corrected chi connectivity index (χ4v) is 0.695. The van der Waals surface area contributed by atoms with Crippen LogP contribution in [0.2, 0.25) is 0 Å². The van der Waals surface area contributed by atoms with E-state index in [9.17, 15) is 4.79 Å². The van der Waals surface area contributed by atoms with Gasteiger partial charge in [-0.25, -0.2) is 0 Å². The van der Waals surface area contributed by atoms with Crippen molar-refractivity contribution < 1.29 is 4.79 Å². The summed E-state index contributed by atoms with van der Waals surface area (Å²) in [5.74, 6) is 0.268. The van der Waals surface area contributed by atoms with E-state index in [1.807, 2.05) is 14.0 Å². The monoisotopic (exact) mass is 143 g/mol. The van der Waals surface area contributed by atoms with Gasteiger partial charge in [-0.2, -0.15) is 0 Å². The van der Waals surface area contributed by atoms with Crippen LogP contribution in [0, 0.1) is 0 Å². The van der Waals surface area contributed by atoms with Gasteiger partial charge in [0.15, 0.2) is 0 Å². The van der Waals surface area contributed by atoms with Crippen molar-refractivity contribution in [2.75, 3.05) is 13.6 Å². The second kappa shape index (κ2) is 5.27. The molecule has 0 rings (SSSR count). The molecule has 0 bridgehead atoms. The average molecular weight is 143 g/mol. The highest BCUT2D eigenvalue weighted by Gasteiger charge is 2.03. The van der Waals surface area contributed by atoms with Gasteiger partial charge in [-0.15, -0.1) is 0 Å². The lowest BCUT2D eigenvalue weighted by atomic mass is 10.2. The molecule has 0 saturated carbocycles. The van der Waals surface area contributed by atoms with Crippen molar-refractivity contribution in [3.05, 3.63) is 0 Å². The Balaban J connectivity index is 3.42. The Hall–Kier alpha value is -0.530. The van der Waals surface area contributed by atoms with Crippen LogP contribution in [0.25, 0.3) is 0 Å². The van der Waals surface area contributed by atoms with Crippen molar-refractivity contribution in [2.45, 2.75) is 33.1 Å². The number of hydrogen-bond acceptors (Lipinski definition) is 1. The Morgan fingerprint density at radius 1 is 1.40 bits per heavy atom. The third-order valence-electron chi connectivity index (χ3n) is 1.64. The zero-order valence-electron chi connectivity index (χ0n) is 7.18. The number of amides is 1. The highest BCUT2D eigenvalue weighted by atomic mass is 16.2. The number of carbonyl (C=O) groups is 1. The predicted molar refractivity (Wildman–Crippen MR) is 42.8 cm³/mol. The molecule has 0 aliphatic rings. The number of rotatable bonds is 4. The Bertz CT molecular complexity index is 101. The molecule has 0 spiro atoms. The van der Waals surface area contributed by atoms with E-state index in [4.69, 9.17) is 0 Å². The molecule has 2 heteroatoms. The Morgan fingerprint density at radius 3 is 2.40 bits per heavy atom. The van der Waals surface area contributed by atoms with Crippen molar-refractivity contribution in [2.24, 2.45) is 0 Å². The van der Waals surface area contributed by atoms with Crippen LogP contribution in [-0.2, 0) is 4.79 Å². The van der Waals surface area contributed by atoms with E-state index in [1.54, 1.807) is 4.90 Å². The molecule has 0 heterocycles. The molecular formula is C8H17NO. The number of hydrogen-bond donors (Lipinski definition) is 0. The summed E-state index contributed by atoms with van der Waals surface area (Å²) >= 11 is 0. The lowest BCUT2D eigenvalue weighted by Crippen LogP contribution is -2.25. The summed E-state index contributed by atoms with van der Waals surface area (Å²) in [6.45, 7) is 4.91. The molecule has 1 amide bonds. The first-order chi connectivity index (χ1) is 4.72. The lowest BCUT2D eigenvalue weighted by Gasteiger charge is -2.13. The van der Waals surface area contributed by atoms with E-state index in [0.717, 1.165) is 19.4 Å². The first-order valence-corrected chi connectivity index (χ1v) is 3.96. The highest BCUT2D eigenvalue weighted by molar-refractivity contribution is 5.75. The molecule has 0 unspecified atom stereocenters. The van der Waals surface area contributed by atoms with Crippen LogP contribution in [0.3, 0.4) is 0 Å². The predicted octanol–water partition coefficient (Wildman–Crippen LogP) is 1.65. The molecule has 0 fully saturated rings. The van der Waals surface area contributed by atoms with Crippen molar-refractivity contribution in [1.82, 2.24) is 4.90 Å². The molecule has 0 radical (unpaired) electrons. The lowest BCUT2D eigenvalue weighted by molar-refractivity contribution is -0.129. The second-order valence-electron chi connectivity index (χ2n) is 2.51. The zero-order valence-corrected chi connectivity index (χ0v) is 7.18. The van der Waals surface area contributed by atoms with Crippen LogP contribution in [0.1, 0.15) is 33.1 Å². The highest BCUT2D eigenvalue weighted by Crippen LogP contribution is 1.97. The molecular weight excluding hydrogens is 126 g/mol. The molecule has 0 aromatic carbocycles. The van der Waals surface area contributed by atoms with Crippen molar-refractivity contribution in [3.63, 3.8) is 0 Å². The maximum Gasteiger partial charge on any atom is 0.222 e. The van der Waals surface area contributed by atoms with Gasteiger partial charge in [0, 0.05) is 20.0 Å². The van der Waals surface area contributed by atoms with E-state index in [-0.39, 0.29) is 5.91 Å². The summed E-state index contributed by atoms with van der Waals surface area (Å²) in [4.78, 5) is 12.8. The van der Waals surface area contributed by atoms with Crippen LogP contribution < -0.4 is 0 Å². The van der Waals surface area contributed by atoms with Crippen LogP contribution in [0.15, 0.2) is 0 Å². The summed E-state index contributed by atoms with van der Waals surface area (Å²) in [6.07, 6.45) is 2.83. The van der Waals surface area contributed by atoms with E-state index >= 15 is 0 Å². The van der Waals surface area contributed by atoms with E-state index in [2.05, 4.69) is 6.92 Å². The first kappa shape index (κ1) is 9.47. The summed E-state index contributed by atoms with van der Waals surface area (Å²) in [5.41, 5.74) is 0. The third kappa shape index (κ3) is 3.49. The minimum absolute atomic E-state index is 0.268. The van der Waals surface area contributed by atoms with Crippen molar-refractivity contribution in [3.8, 4) is 0 Å². The summed E-state index contributed by atoms with van der Waals surface area (Å²) < 4.78 is 0. The van der Waals surface area contributed by atoms with Crippen LogP contribution >= 0.6 is 0 Å². The van der Waals surface area contributed by atoms with Gasteiger partial charge in [-0.05, 0) is 13.3 Å². The molecule has 0 aromatic rings. The van der Waals surface area contributed by atoms with E-state index in [1.165, 1.54) is 0 Å². The molecule has 0 N–H and O–H groups in total. The fourth-order valence-electron chi connectivity index (χ4n) is 0.695. The largest absolute Gasteiger partial charge is 0.346 e. The standard InChI is InChI=1S/C8H17NO/c1-4-6-7-8(10)9(3)5-2/h4-7H2,1-3H3. The second-order valence-corrected chi connectivity index (χ2v) is 2.51. The minimum atomic E-state index is 0.268. The normalized spacial score (nSPS) is 9.50. The summed E-state index contributed by atoms with van der Waals surface area (Å²) in [7, 11) is 1.85. The molecule has 0 saturated heterocycles. The van der Waals surface area contributed by atoms with Crippen molar-refractivity contribution in [1.29, 1.82) is 0 Å².